The van der Waals surface area contributed by atoms with E-state index in [4.69, 9.17) is 16.3 Å². The van der Waals surface area contributed by atoms with Gasteiger partial charge in [-0.05, 0) is 43.7 Å². The fourth-order valence-electron chi connectivity index (χ4n) is 3.12. The number of ketones is 1. The van der Waals surface area contributed by atoms with E-state index in [-0.39, 0.29) is 27.8 Å². The van der Waals surface area contributed by atoms with Crippen LogP contribution in [0.5, 0.6) is 0 Å². The van der Waals surface area contributed by atoms with Crippen molar-refractivity contribution in [3.63, 3.8) is 0 Å². The summed E-state index contributed by atoms with van der Waals surface area (Å²) >= 11 is 6.08. The largest absolute Gasteiger partial charge is 0.454 e. The summed E-state index contributed by atoms with van der Waals surface area (Å²) in [6.07, 6.45) is 0. The number of carbonyl (C=O) groups excluding carboxylic acids is 2. The Morgan fingerprint density at radius 3 is 2.38 bits per heavy atom. The highest BCUT2D eigenvalue weighted by Crippen LogP contribution is 2.23. The zero-order chi connectivity index (χ0) is 23.5. The van der Waals surface area contributed by atoms with Gasteiger partial charge >= 0.3 is 5.97 Å². The van der Waals surface area contributed by atoms with Gasteiger partial charge in [-0.3, -0.25) is 4.79 Å². The van der Waals surface area contributed by atoms with Gasteiger partial charge in [0.1, 0.15) is 4.90 Å². The molecular formula is C23H23ClN2O5S. The number of rotatable bonds is 8. The van der Waals surface area contributed by atoms with Crippen molar-refractivity contribution >= 4 is 33.4 Å². The second-order valence-corrected chi connectivity index (χ2v) is 9.44. The molecule has 1 heterocycles. The third-order valence-electron chi connectivity index (χ3n) is 5.18. The highest BCUT2D eigenvalue weighted by molar-refractivity contribution is 7.89. The molecule has 1 aromatic heterocycles. The van der Waals surface area contributed by atoms with Crippen LogP contribution >= 0.6 is 11.6 Å². The molecule has 0 saturated carbocycles. The van der Waals surface area contributed by atoms with Crippen molar-refractivity contribution in [1.29, 1.82) is 0 Å². The van der Waals surface area contributed by atoms with E-state index in [1.165, 1.54) is 12.1 Å². The summed E-state index contributed by atoms with van der Waals surface area (Å²) in [6.45, 7) is 3.29. The van der Waals surface area contributed by atoms with E-state index in [2.05, 4.69) is 4.72 Å². The third-order valence-corrected chi connectivity index (χ3v) is 7.06. The van der Waals surface area contributed by atoms with Crippen molar-refractivity contribution in [3.8, 4) is 0 Å². The number of Topliss-reactive ketones (excluding diaryl/α,β-unsaturated/α-hetero) is 1. The first kappa shape index (κ1) is 23.7. The molecule has 0 aliphatic rings. The minimum Gasteiger partial charge on any atom is -0.454 e. The molecule has 0 radical (unpaired) electrons. The number of nitrogens with zero attached hydrogens (tertiary/aromatic N) is 1. The first-order valence-corrected chi connectivity index (χ1v) is 11.6. The summed E-state index contributed by atoms with van der Waals surface area (Å²) in [5.41, 5.74) is 2.90. The molecule has 9 heteroatoms. The predicted molar refractivity (Wildman–Crippen MR) is 121 cm³/mol. The molecule has 0 aliphatic heterocycles. The Kier molecular flexibility index (Phi) is 7.18. The third kappa shape index (κ3) is 5.27. The highest BCUT2D eigenvalue weighted by atomic mass is 35.5. The number of esters is 1. The van der Waals surface area contributed by atoms with Gasteiger partial charge in [0.15, 0.2) is 6.61 Å². The Morgan fingerprint density at radius 1 is 1.06 bits per heavy atom. The van der Waals surface area contributed by atoms with Crippen molar-refractivity contribution < 1.29 is 22.7 Å². The van der Waals surface area contributed by atoms with Crippen LogP contribution in [0.3, 0.4) is 0 Å². The first-order chi connectivity index (χ1) is 15.1. The van der Waals surface area contributed by atoms with E-state index < -0.39 is 22.6 Å². The normalized spacial score (nSPS) is 11.4. The van der Waals surface area contributed by atoms with Crippen molar-refractivity contribution in [3.05, 3.63) is 87.7 Å². The summed E-state index contributed by atoms with van der Waals surface area (Å²) in [6, 6.07) is 14.5. The molecule has 0 bridgehead atoms. The second kappa shape index (κ2) is 9.68. The Balaban J connectivity index is 1.72. The summed E-state index contributed by atoms with van der Waals surface area (Å²) in [5.74, 6) is -1.16. The summed E-state index contributed by atoms with van der Waals surface area (Å²) in [7, 11) is -2.14. The lowest BCUT2D eigenvalue weighted by Crippen LogP contribution is -2.24. The van der Waals surface area contributed by atoms with Crippen LogP contribution in [0.4, 0.5) is 0 Å². The monoisotopic (exact) mass is 474 g/mol. The molecule has 32 heavy (non-hydrogen) atoms. The number of hydrogen-bond acceptors (Lipinski definition) is 5. The van der Waals surface area contributed by atoms with E-state index in [0.29, 0.717) is 5.56 Å². The van der Waals surface area contributed by atoms with Crippen LogP contribution in [0.1, 0.15) is 37.7 Å². The number of aryl methyl sites for hydroxylation is 1. The molecule has 0 amide bonds. The van der Waals surface area contributed by atoms with Gasteiger partial charge in [-0.2, -0.15) is 0 Å². The van der Waals surface area contributed by atoms with Gasteiger partial charge in [0.05, 0.1) is 10.6 Å². The molecule has 7 nitrogen and oxygen atoms in total. The summed E-state index contributed by atoms with van der Waals surface area (Å²) in [5, 5.41) is -0.0337. The fourth-order valence-corrected chi connectivity index (χ4v) is 4.66. The van der Waals surface area contributed by atoms with E-state index in [1.54, 1.807) is 37.3 Å². The number of sulfonamides is 1. The number of benzene rings is 2. The lowest BCUT2D eigenvalue weighted by Gasteiger charge is -2.10. The molecule has 3 aromatic rings. The second-order valence-electron chi connectivity index (χ2n) is 7.30. The van der Waals surface area contributed by atoms with E-state index >= 15 is 0 Å². The average molecular weight is 475 g/mol. The zero-order valence-electron chi connectivity index (χ0n) is 17.9. The molecule has 1 N–H and O–H groups in total. The number of carbonyl (C=O) groups is 2. The quantitative estimate of drug-likeness (QED) is 0.395. The van der Waals surface area contributed by atoms with Gasteiger partial charge < -0.3 is 9.30 Å². The molecule has 3 rings (SSSR count). The molecule has 0 aliphatic carbocycles. The number of ether oxygens (including phenoxy) is 1. The Labute approximate surface area is 192 Å². The zero-order valence-corrected chi connectivity index (χ0v) is 19.5. The lowest BCUT2D eigenvalue weighted by molar-refractivity contribution is 0.0474. The van der Waals surface area contributed by atoms with Crippen LogP contribution in [0.2, 0.25) is 5.02 Å². The van der Waals surface area contributed by atoms with Gasteiger partial charge in [-0.25, -0.2) is 17.9 Å². The summed E-state index contributed by atoms with van der Waals surface area (Å²) in [4.78, 5) is 24.7. The average Bonchev–Trinajstić information content (AvgIpc) is 3.04. The number of halogens is 1. The highest BCUT2D eigenvalue weighted by Gasteiger charge is 2.22. The molecule has 0 unspecified atom stereocenters. The molecule has 0 fully saturated rings. The van der Waals surface area contributed by atoms with Gasteiger partial charge in [0.25, 0.3) is 0 Å². The van der Waals surface area contributed by atoms with Gasteiger partial charge in [-0.15, -0.1) is 0 Å². The van der Waals surface area contributed by atoms with Crippen molar-refractivity contribution in [2.24, 2.45) is 7.05 Å². The van der Waals surface area contributed by atoms with Gasteiger partial charge in [-0.1, -0.05) is 41.9 Å². The topological polar surface area (TPSA) is 94.5 Å². The predicted octanol–water partition coefficient (Wildman–Crippen LogP) is 3.81. The lowest BCUT2D eigenvalue weighted by atomic mass is 10.1. The Morgan fingerprint density at radius 2 is 1.75 bits per heavy atom. The molecule has 2 aromatic carbocycles. The number of hydrogen-bond donors (Lipinski definition) is 1. The molecule has 168 valence electrons. The van der Waals surface area contributed by atoms with Gasteiger partial charge in [0, 0.05) is 30.5 Å². The first-order valence-electron chi connectivity index (χ1n) is 9.76. The Hall–Kier alpha value is -2.94. The van der Waals surface area contributed by atoms with Crippen LogP contribution in [-0.2, 0) is 28.4 Å². The molecule has 0 saturated heterocycles. The van der Waals surface area contributed by atoms with Crippen molar-refractivity contribution in [1.82, 2.24) is 9.29 Å². The van der Waals surface area contributed by atoms with E-state index in [1.807, 2.05) is 24.6 Å². The molecular weight excluding hydrogens is 452 g/mol. The van der Waals surface area contributed by atoms with Crippen LogP contribution < -0.4 is 4.72 Å². The van der Waals surface area contributed by atoms with Crippen LogP contribution in [0, 0.1) is 13.8 Å². The Bertz CT molecular complexity index is 1270. The van der Waals surface area contributed by atoms with Crippen molar-refractivity contribution in [2.75, 3.05) is 6.61 Å². The molecule has 0 spiro atoms. The van der Waals surface area contributed by atoms with Crippen molar-refractivity contribution in [2.45, 2.75) is 25.3 Å². The SMILES string of the molecule is Cc1cc(C(=O)COC(=O)c2ccc(Cl)c(S(=O)(=O)NCc3ccccc3)c2)c(C)n1C. The van der Waals surface area contributed by atoms with Gasteiger partial charge in [0.2, 0.25) is 15.8 Å². The maximum atomic E-state index is 12.7. The molecule has 0 atom stereocenters. The summed E-state index contributed by atoms with van der Waals surface area (Å²) < 4.78 is 34.9. The van der Waals surface area contributed by atoms with Crippen LogP contribution in [0.25, 0.3) is 0 Å². The standard InChI is InChI=1S/C23H23ClN2O5S/c1-15-11-19(16(2)26(15)3)21(27)14-31-23(28)18-9-10-20(24)22(12-18)32(29,30)25-13-17-7-5-4-6-8-17/h4-12,25H,13-14H2,1-3H3. The maximum absolute atomic E-state index is 12.7. The van der Waals surface area contributed by atoms with Crippen LogP contribution in [-0.4, -0.2) is 31.3 Å². The van der Waals surface area contributed by atoms with E-state index in [0.717, 1.165) is 23.0 Å². The minimum atomic E-state index is -3.99. The number of nitrogens with one attached hydrogen (secondary N) is 1. The maximum Gasteiger partial charge on any atom is 0.338 e. The fraction of sp³-hybridized carbons (Fsp3) is 0.217. The number of aromatic nitrogens is 1. The smallest absolute Gasteiger partial charge is 0.338 e. The van der Waals surface area contributed by atoms with E-state index in [9.17, 15) is 18.0 Å². The minimum absolute atomic E-state index is 0.0248. The van der Waals surface area contributed by atoms with Crippen LogP contribution in [0.15, 0.2) is 59.5 Å².